The zero-order chi connectivity index (χ0) is 15.4. The lowest BCUT2D eigenvalue weighted by Crippen LogP contribution is -2.45. The Morgan fingerprint density at radius 3 is 2.59 bits per heavy atom. The number of hydrogen-bond acceptors (Lipinski definition) is 5. The minimum atomic E-state index is -0.442. The minimum absolute atomic E-state index is 0.107. The number of aromatic nitrogens is 3. The third-order valence-electron chi connectivity index (χ3n) is 3.64. The first-order chi connectivity index (χ1) is 10.7. The zero-order valence-corrected chi connectivity index (χ0v) is 11.9. The molecule has 1 aliphatic rings. The Kier molecular flexibility index (Phi) is 4.22. The van der Waals surface area contributed by atoms with Gasteiger partial charge < -0.3 is 10.2 Å². The first kappa shape index (κ1) is 14.4. The predicted molar refractivity (Wildman–Crippen MR) is 78.9 cm³/mol. The summed E-state index contributed by atoms with van der Waals surface area (Å²) in [5, 5.41) is 3.01. The molecule has 1 aliphatic heterocycles. The van der Waals surface area contributed by atoms with Crippen molar-refractivity contribution in [2.24, 2.45) is 0 Å². The molecule has 0 saturated carbocycles. The molecule has 22 heavy (non-hydrogen) atoms. The Labute approximate surface area is 127 Å². The Balaban J connectivity index is 1.53. The highest BCUT2D eigenvalue weighted by atomic mass is 19.1. The van der Waals surface area contributed by atoms with Crippen LogP contribution in [0, 0.1) is 5.82 Å². The van der Waals surface area contributed by atoms with Gasteiger partial charge in [-0.05, 0) is 25.0 Å². The lowest BCUT2D eigenvalue weighted by atomic mass is 10.0. The van der Waals surface area contributed by atoms with E-state index < -0.39 is 5.82 Å². The van der Waals surface area contributed by atoms with E-state index in [1.165, 1.54) is 12.4 Å². The van der Waals surface area contributed by atoms with Crippen molar-refractivity contribution in [1.82, 2.24) is 20.3 Å². The third-order valence-corrected chi connectivity index (χ3v) is 3.64. The van der Waals surface area contributed by atoms with Crippen LogP contribution in [0.4, 0.5) is 10.3 Å². The average molecular weight is 301 g/mol. The van der Waals surface area contributed by atoms with Gasteiger partial charge in [0.25, 0.3) is 5.91 Å². The van der Waals surface area contributed by atoms with Crippen LogP contribution in [-0.4, -0.2) is 40.0 Å². The van der Waals surface area contributed by atoms with E-state index in [4.69, 9.17) is 0 Å². The number of rotatable bonds is 3. The second-order valence-corrected chi connectivity index (χ2v) is 5.18. The van der Waals surface area contributed by atoms with Gasteiger partial charge in [-0.2, -0.15) is 0 Å². The molecule has 3 heterocycles. The molecule has 0 aromatic carbocycles. The zero-order valence-electron chi connectivity index (χ0n) is 11.9. The summed E-state index contributed by atoms with van der Waals surface area (Å²) in [6.07, 6.45) is 7.12. The van der Waals surface area contributed by atoms with Gasteiger partial charge in [-0.25, -0.2) is 14.4 Å². The van der Waals surface area contributed by atoms with Crippen LogP contribution in [0.15, 0.2) is 36.9 Å². The maximum Gasteiger partial charge on any atom is 0.253 e. The van der Waals surface area contributed by atoms with E-state index >= 15 is 0 Å². The van der Waals surface area contributed by atoms with Gasteiger partial charge in [0.15, 0.2) is 5.82 Å². The van der Waals surface area contributed by atoms with E-state index in [-0.39, 0.29) is 11.9 Å². The Morgan fingerprint density at radius 1 is 1.23 bits per heavy atom. The molecule has 1 amide bonds. The Morgan fingerprint density at radius 2 is 1.95 bits per heavy atom. The molecule has 6 nitrogen and oxygen atoms in total. The number of nitrogens with zero attached hydrogens (tertiary/aromatic N) is 4. The van der Waals surface area contributed by atoms with Crippen LogP contribution in [0.1, 0.15) is 23.2 Å². The number of pyridine rings is 1. The quantitative estimate of drug-likeness (QED) is 0.928. The highest BCUT2D eigenvalue weighted by Crippen LogP contribution is 2.16. The highest BCUT2D eigenvalue weighted by Gasteiger charge is 2.22. The van der Waals surface area contributed by atoms with E-state index in [1.54, 1.807) is 24.5 Å². The predicted octanol–water partition coefficient (Wildman–Crippen LogP) is 1.41. The summed E-state index contributed by atoms with van der Waals surface area (Å²) in [6, 6.07) is 3.59. The van der Waals surface area contributed by atoms with Crippen molar-refractivity contribution in [2.45, 2.75) is 18.9 Å². The maximum atomic E-state index is 12.8. The van der Waals surface area contributed by atoms with Crippen LogP contribution in [0.3, 0.4) is 0 Å². The van der Waals surface area contributed by atoms with Gasteiger partial charge in [0.1, 0.15) is 0 Å². The van der Waals surface area contributed by atoms with E-state index in [2.05, 4.69) is 20.3 Å². The number of carbonyl (C=O) groups is 1. The van der Waals surface area contributed by atoms with Crippen molar-refractivity contribution >= 4 is 11.9 Å². The Hall–Kier alpha value is -2.57. The topological polar surface area (TPSA) is 71.0 Å². The summed E-state index contributed by atoms with van der Waals surface area (Å²) in [5.74, 6) is -0.0228. The lowest BCUT2D eigenvalue weighted by molar-refractivity contribution is 0.0930. The van der Waals surface area contributed by atoms with E-state index in [1.807, 2.05) is 4.90 Å². The molecular weight excluding hydrogens is 285 g/mol. The highest BCUT2D eigenvalue weighted by molar-refractivity contribution is 5.94. The molecule has 7 heteroatoms. The summed E-state index contributed by atoms with van der Waals surface area (Å²) in [7, 11) is 0. The van der Waals surface area contributed by atoms with Crippen molar-refractivity contribution in [3.63, 3.8) is 0 Å². The summed E-state index contributed by atoms with van der Waals surface area (Å²) >= 11 is 0. The molecule has 1 fully saturated rings. The van der Waals surface area contributed by atoms with Gasteiger partial charge in [0, 0.05) is 31.5 Å². The number of anilines is 1. The monoisotopic (exact) mass is 301 g/mol. The molecule has 0 unspecified atom stereocenters. The molecule has 0 radical (unpaired) electrons. The van der Waals surface area contributed by atoms with Gasteiger partial charge in [0.2, 0.25) is 5.95 Å². The maximum absolute atomic E-state index is 12.8. The summed E-state index contributed by atoms with van der Waals surface area (Å²) in [6.45, 7) is 1.45. The smallest absolute Gasteiger partial charge is 0.253 e. The van der Waals surface area contributed by atoms with Gasteiger partial charge in [-0.15, -0.1) is 0 Å². The molecule has 3 rings (SSSR count). The number of amides is 1. The minimum Gasteiger partial charge on any atom is -0.349 e. The number of carbonyl (C=O) groups excluding carboxylic acids is 1. The van der Waals surface area contributed by atoms with Crippen molar-refractivity contribution in [2.75, 3.05) is 18.0 Å². The first-order valence-electron chi connectivity index (χ1n) is 7.16. The van der Waals surface area contributed by atoms with Crippen LogP contribution < -0.4 is 10.2 Å². The second-order valence-electron chi connectivity index (χ2n) is 5.18. The summed E-state index contributed by atoms with van der Waals surface area (Å²) in [5.41, 5.74) is 0.562. The van der Waals surface area contributed by atoms with Gasteiger partial charge in [-0.3, -0.25) is 9.78 Å². The number of halogens is 1. The molecule has 0 atom stereocenters. The molecular formula is C15H16FN5O. The fraction of sp³-hybridized carbons (Fsp3) is 0.333. The van der Waals surface area contributed by atoms with E-state index in [0.29, 0.717) is 11.5 Å². The number of nitrogens with one attached hydrogen (secondary N) is 1. The van der Waals surface area contributed by atoms with Crippen molar-refractivity contribution in [3.8, 4) is 0 Å². The van der Waals surface area contributed by atoms with E-state index in [9.17, 15) is 9.18 Å². The summed E-state index contributed by atoms with van der Waals surface area (Å²) < 4.78 is 12.8. The molecule has 0 aliphatic carbocycles. The van der Waals surface area contributed by atoms with Crippen molar-refractivity contribution < 1.29 is 9.18 Å². The average Bonchev–Trinajstić information content (AvgIpc) is 2.57. The van der Waals surface area contributed by atoms with Gasteiger partial charge in [-0.1, -0.05) is 0 Å². The van der Waals surface area contributed by atoms with Crippen LogP contribution >= 0.6 is 0 Å². The normalized spacial score (nSPS) is 15.6. The van der Waals surface area contributed by atoms with E-state index in [0.717, 1.165) is 25.9 Å². The second kappa shape index (κ2) is 6.46. The van der Waals surface area contributed by atoms with Crippen molar-refractivity contribution in [1.29, 1.82) is 0 Å². The standard InChI is InChI=1S/C15H16FN5O/c16-12-9-18-15(19-10-12)21-6-3-13(4-7-21)20-14(22)11-2-1-5-17-8-11/h1-2,5,8-10,13H,3-4,6-7H2,(H,20,22). The molecule has 2 aromatic heterocycles. The molecule has 1 N–H and O–H groups in total. The van der Waals surface area contributed by atoms with Gasteiger partial charge >= 0.3 is 0 Å². The van der Waals surface area contributed by atoms with Gasteiger partial charge in [0.05, 0.1) is 18.0 Å². The van der Waals surface area contributed by atoms with Crippen LogP contribution in [0.2, 0.25) is 0 Å². The van der Waals surface area contributed by atoms with Crippen LogP contribution in [0.25, 0.3) is 0 Å². The summed E-state index contributed by atoms with van der Waals surface area (Å²) in [4.78, 5) is 26.0. The SMILES string of the molecule is O=C(NC1CCN(c2ncc(F)cn2)CC1)c1cccnc1. The first-order valence-corrected chi connectivity index (χ1v) is 7.16. The van der Waals surface area contributed by atoms with Crippen LogP contribution in [-0.2, 0) is 0 Å². The fourth-order valence-electron chi connectivity index (χ4n) is 2.46. The largest absolute Gasteiger partial charge is 0.349 e. The molecule has 0 spiro atoms. The molecule has 114 valence electrons. The Bertz CT molecular complexity index is 626. The van der Waals surface area contributed by atoms with Crippen LogP contribution in [0.5, 0.6) is 0 Å². The fourth-order valence-corrected chi connectivity index (χ4v) is 2.46. The molecule has 2 aromatic rings. The van der Waals surface area contributed by atoms with Crippen molar-refractivity contribution in [3.05, 3.63) is 48.3 Å². The number of piperidine rings is 1. The number of hydrogen-bond donors (Lipinski definition) is 1. The molecule has 1 saturated heterocycles. The molecule has 0 bridgehead atoms. The third kappa shape index (κ3) is 3.36. The lowest BCUT2D eigenvalue weighted by Gasteiger charge is -2.32.